The van der Waals surface area contributed by atoms with Gasteiger partial charge in [-0.15, -0.1) is 0 Å². The van der Waals surface area contributed by atoms with Gasteiger partial charge in [-0.05, 0) is 38.5 Å². The Morgan fingerprint density at radius 2 is 1.62 bits per heavy atom. The van der Waals surface area contributed by atoms with Crippen LogP contribution in [0.3, 0.4) is 0 Å². The number of hydrogen-bond acceptors (Lipinski definition) is 2. The molecule has 0 radical (unpaired) electrons. The van der Waals surface area contributed by atoms with E-state index in [1.54, 1.807) is 0 Å². The summed E-state index contributed by atoms with van der Waals surface area (Å²) in [5.74, 6) is 0. The van der Waals surface area contributed by atoms with Crippen LogP contribution < -0.4 is 5.32 Å². The summed E-state index contributed by atoms with van der Waals surface area (Å²) < 4.78 is 0. The van der Waals surface area contributed by atoms with Gasteiger partial charge in [0.15, 0.2) is 0 Å². The minimum absolute atomic E-state index is 0.112. The molecule has 1 rings (SSSR count). The van der Waals surface area contributed by atoms with E-state index in [2.05, 4.69) is 39.9 Å². The van der Waals surface area contributed by atoms with E-state index in [9.17, 15) is 5.11 Å². The van der Waals surface area contributed by atoms with Crippen molar-refractivity contribution in [2.24, 2.45) is 5.41 Å². The van der Waals surface area contributed by atoms with Crippen molar-refractivity contribution >= 4 is 0 Å². The van der Waals surface area contributed by atoms with Gasteiger partial charge in [-0.2, -0.15) is 0 Å². The second kappa shape index (κ2) is 5.05. The van der Waals surface area contributed by atoms with Crippen molar-refractivity contribution in [1.29, 1.82) is 0 Å². The largest absolute Gasteiger partial charge is 0.392 e. The Bertz CT molecular complexity index is 217. The lowest BCUT2D eigenvalue weighted by atomic mass is 9.80. The summed E-state index contributed by atoms with van der Waals surface area (Å²) >= 11 is 0. The Morgan fingerprint density at radius 1 is 1.06 bits per heavy atom. The number of nitrogens with one attached hydrogen (secondary N) is 1. The molecule has 2 atom stereocenters. The van der Waals surface area contributed by atoms with Crippen LogP contribution in [-0.4, -0.2) is 22.8 Å². The molecule has 0 spiro atoms. The number of aliphatic hydroxyl groups excluding tert-OH is 1. The van der Waals surface area contributed by atoms with Crippen LogP contribution in [0.5, 0.6) is 0 Å². The van der Waals surface area contributed by atoms with E-state index in [0.717, 1.165) is 19.3 Å². The maximum absolute atomic E-state index is 9.97. The van der Waals surface area contributed by atoms with Gasteiger partial charge in [0.2, 0.25) is 0 Å². The van der Waals surface area contributed by atoms with Gasteiger partial charge < -0.3 is 10.4 Å². The van der Waals surface area contributed by atoms with Crippen molar-refractivity contribution in [3.63, 3.8) is 0 Å². The highest BCUT2D eigenvalue weighted by molar-refractivity contribution is 4.90. The molecular weight excluding hydrogens is 198 g/mol. The van der Waals surface area contributed by atoms with E-state index in [4.69, 9.17) is 0 Å². The second-order valence-corrected chi connectivity index (χ2v) is 7.22. The van der Waals surface area contributed by atoms with E-state index in [-0.39, 0.29) is 11.6 Å². The van der Waals surface area contributed by atoms with E-state index in [1.807, 2.05) is 0 Å². The first-order valence-corrected chi connectivity index (χ1v) is 6.65. The van der Waals surface area contributed by atoms with E-state index in [0.29, 0.717) is 11.5 Å². The maximum Gasteiger partial charge on any atom is 0.0693 e. The van der Waals surface area contributed by atoms with Crippen LogP contribution in [0, 0.1) is 5.41 Å². The van der Waals surface area contributed by atoms with Gasteiger partial charge in [-0.1, -0.05) is 33.6 Å². The van der Waals surface area contributed by atoms with Crippen molar-refractivity contribution in [1.82, 2.24) is 5.32 Å². The van der Waals surface area contributed by atoms with Crippen LogP contribution in [0.25, 0.3) is 0 Å². The topological polar surface area (TPSA) is 32.3 Å². The number of hydrogen-bond donors (Lipinski definition) is 2. The Balaban J connectivity index is 2.50. The van der Waals surface area contributed by atoms with Gasteiger partial charge in [0, 0.05) is 11.6 Å². The van der Waals surface area contributed by atoms with Crippen LogP contribution in [-0.2, 0) is 0 Å². The molecule has 0 aromatic rings. The molecule has 0 aromatic heterocycles. The predicted octanol–water partition coefficient (Wildman–Crippen LogP) is 3.09. The standard InChI is InChI=1S/C14H29NO/c1-13(2,3)10-14(4,5)15-11-8-6-7-9-12(11)16/h11-12,15-16H,6-10H2,1-5H3. The second-order valence-electron chi connectivity index (χ2n) is 7.22. The molecule has 1 saturated carbocycles. The van der Waals surface area contributed by atoms with Crippen LogP contribution in [0.15, 0.2) is 0 Å². The van der Waals surface area contributed by atoms with Gasteiger partial charge in [0.1, 0.15) is 0 Å². The predicted molar refractivity (Wildman–Crippen MR) is 69.5 cm³/mol. The first kappa shape index (κ1) is 14.0. The first-order chi connectivity index (χ1) is 7.20. The zero-order valence-corrected chi connectivity index (χ0v) is 11.6. The fourth-order valence-electron chi connectivity index (χ4n) is 3.16. The fraction of sp³-hybridized carbons (Fsp3) is 1.00. The molecule has 1 fully saturated rings. The quantitative estimate of drug-likeness (QED) is 0.776. The van der Waals surface area contributed by atoms with Crippen molar-refractivity contribution in [2.45, 2.75) is 84.4 Å². The SMILES string of the molecule is CC(C)(C)CC(C)(C)NC1CCCCC1O. The molecular formula is C14H29NO. The van der Waals surface area contributed by atoms with Crippen molar-refractivity contribution in [2.75, 3.05) is 0 Å². The van der Waals surface area contributed by atoms with Gasteiger partial charge in [0.05, 0.1) is 6.10 Å². The summed E-state index contributed by atoms with van der Waals surface area (Å²) in [4.78, 5) is 0. The van der Waals surface area contributed by atoms with Crippen LogP contribution >= 0.6 is 0 Å². The molecule has 0 aliphatic heterocycles. The molecule has 2 unspecified atom stereocenters. The summed E-state index contributed by atoms with van der Waals surface area (Å²) in [6.07, 6.45) is 5.49. The zero-order chi connectivity index (χ0) is 12.4. The summed E-state index contributed by atoms with van der Waals surface area (Å²) in [5, 5.41) is 13.6. The summed E-state index contributed by atoms with van der Waals surface area (Å²) in [6.45, 7) is 11.3. The van der Waals surface area contributed by atoms with E-state index in [1.165, 1.54) is 12.8 Å². The first-order valence-electron chi connectivity index (χ1n) is 6.65. The maximum atomic E-state index is 9.97. The average Bonchev–Trinajstić information content (AvgIpc) is 2.04. The fourth-order valence-corrected chi connectivity index (χ4v) is 3.16. The number of aliphatic hydroxyl groups is 1. The minimum Gasteiger partial charge on any atom is -0.392 e. The molecule has 0 heterocycles. The smallest absolute Gasteiger partial charge is 0.0693 e. The van der Waals surface area contributed by atoms with Crippen molar-refractivity contribution in [3.05, 3.63) is 0 Å². The molecule has 0 saturated heterocycles. The lowest BCUT2D eigenvalue weighted by Gasteiger charge is -2.39. The molecule has 0 bridgehead atoms. The monoisotopic (exact) mass is 227 g/mol. The molecule has 16 heavy (non-hydrogen) atoms. The Morgan fingerprint density at radius 3 is 2.12 bits per heavy atom. The highest BCUT2D eigenvalue weighted by atomic mass is 16.3. The Kier molecular flexibility index (Phi) is 4.42. The van der Waals surface area contributed by atoms with Gasteiger partial charge >= 0.3 is 0 Å². The zero-order valence-electron chi connectivity index (χ0n) is 11.6. The lowest BCUT2D eigenvalue weighted by molar-refractivity contribution is 0.0686. The third kappa shape index (κ3) is 4.84. The van der Waals surface area contributed by atoms with Crippen LogP contribution in [0.1, 0.15) is 66.7 Å². The Labute approximate surface area is 101 Å². The molecule has 2 nitrogen and oxygen atoms in total. The average molecular weight is 227 g/mol. The Hall–Kier alpha value is -0.0800. The van der Waals surface area contributed by atoms with Gasteiger partial charge in [-0.25, -0.2) is 0 Å². The summed E-state index contributed by atoms with van der Waals surface area (Å²) in [5.41, 5.74) is 0.442. The third-order valence-electron chi connectivity index (χ3n) is 3.28. The van der Waals surface area contributed by atoms with Crippen molar-refractivity contribution in [3.8, 4) is 0 Å². The summed E-state index contributed by atoms with van der Waals surface area (Å²) in [7, 11) is 0. The molecule has 1 aliphatic rings. The van der Waals surface area contributed by atoms with Gasteiger partial charge in [-0.3, -0.25) is 0 Å². The highest BCUT2D eigenvalue weighted by Crippen LogP contribution is 2.29. The lowest BCUT2D eigenvalue weighted by Crippen LogP contribution is -2.53. The van der Waals surface area contributed by atoms with E-state index < -0.39 is 0 Å². The molecule has 0 aromatic carbocycles. The van der Waals surface area contributed by atoms with Crippen molar-refractivity contribution < 1.29 is 5.11 Å². The molecule has 96 valence electrons. The third-order valence-corrected chi connectivity index (χ3v) is 3.28. The summed E-state index contributed by atoms with van der Waals surface area (Å²) in [6, 6.07) is 0.297. The van der Waals surface area contributed by atoms with Gasteiger partial charge in [0.25, 0.3) is 0 Å². The molecule has 1 aliphatic carbocycles. The number of rotatable bonds is 3. The minimum atomic E-state index is -0.145. The molecule has 0 amide bonds. The normalized spacial score (nSPS) is 28.1. The molecule has 2 N–H and O–H groups in total. The van der Waals surface area contributed by atoms with Crippen LogP contribution in [0.4, 0.5) is 0 Å². The highest BCUT2D eigenvalue weighted by Gasteiger charge is 2.31. The van der Waals surface area contributed by atoms with Crippen LogP contribution in [0.2, 0.25) is 0 Å². The molecule has 2 heteroatoms. The van der Waals surface area contributed by atoms with E-state index >= 15 is 0 Å².